The number of rotatable bonds is 3. The maximum Gasteiger partial charge on any atom is 0.274 e. The molecule has 0 radical (unpaired) electrons. The molecule has 5 nitrogen and oxygen atoms in total. The molecule has 0 atom stereocenters. The largest absolute Gasteiger partial charge is 0.338 e. The zero-order valence-corrected chi connectivity index (χ0v) is 15.2. The van der Waals surface area contributed by atoms with Crippen molar-refractivity contribution in [3.05, 3.63) is 69.8 Å². The lowest BCUT2D eigenvalue weighted by atomic mass is 10.0. The molecule has 0 bridgehead atoms. The van der Waals surface area contributed by atoms with E-state index in [-0.39, 0.29) is 5.91 Å². The van der Waals surface area contributed by atoms with Crippen molar-refractivity contribution in [1.29, 1.82) is 0 Å². The van der Waals surface area contributed by atoms with Crippen molar-refractivity contribution in [1.82, 2.24) is 10.4 Å². The molecule has 0 spiro atoms. The Hall–Kier alpha value is -2.66. The first-order valence-corrected chi connectivity index (χ1v) is 8.87. The van der Waals surface area contributed by atoms with E-state index in [9.17, 15) is 9.59 Å². The summed E-state index contributed by atoms with van der Waals surface area (Å²) in [5.41, 5.74) is 7.61. The number of nitrogens with zero attached hydrogens (tertiary/aromatic N) is 1. The van der Waals surface area contributed by atoms with Gasteiger partial charge in [-0.25, -0.2) is 5.48 Å². The fourth-order valence-corrected chi connectivity index (χ4v) is 3.63. The third-order valence-electron chi connectivity index (χ3n) is 4.79. The maximum absolute atomic E-state index is 12.8. The highest BCUT2D eigenvalue weighted by Crippen LogP contribution is 2.21. The second kappa shape index (κ2) is 7.70. The molecule has 136 valence electrons. The summed E-state index contributed by atoms with van der Waals surface area (Å²) in [5, 5.41) is 8.79. The van der Waals surface area contributed by atoms with Gasteiger partial charge in [0.15, 0.2) is 0 Å². The van der Waals surface area contributed by atoms with Crippen LogP contribution in [0.1, 0.15) is 44.6 Å². The summed E-state index contributed by atoms with van der Waals surface area (Å²) < 4.78 is 0. The zero-order chi connectivity index (χ0) is 18.7. The molecule has 3 rings (SSSR count). The standard InChI is InChI=1S/C21H24N2O3/c1-14-8-15(2)10-16(9-14)11-20(24)23-7-3-4-17-12-18(21(25)22-26)5-6-19(17)13-23/h5-6,8-10,12,26H,3-4,7,11,13H2,1-2H3,(H,22,25). The van der Waals surface area contributed by atoms with Gasteiger partial charge >= 0.3 is 0 Å². The number of amides is 2. The van der Waals surface area contributed by atoms with Crippen LogP contribution in [0.3, 0.4) is 0 Å². The number of hydrogen-bond acceptors (Lipinski definition) is 3. The Morgan fingerprint density at radius 3 is 2.50 bits per heavy atom. The zero-order valence-electron chi connectivity index (χ0n) is 15.2. The summed E-state index contributed by atoms with van der Waals surface area (Å²) in [6.07, 6.45) is 2.08. The van der Waals surface area contributed by atoms with Gasteiger partial charge in [-0.2, -0.15) is 0 Å². The van der Waals surface area contributed by atoms with E-state index in [1.807, 2.05) is 24.8 Å². The molecule has 0 aliphatic carbocycles. The van der Waals surface area contributed by atoms with Crippen LogP contribution in [0.5, 0.6) is 0 Å². The summed E-state index contributed by atoms with van der Waals surface area (Å²) in [5.74, 6) is -0.389. The lowest BCUT2D eigenvalue weighted by Crippen LogP contribution is -2.32. The summed E-state index contributed by atoms with van der Waals surface area (Å²) >= 11 is 0. The van der Waals surface area contributed by atoms with Crippen molar-refractivity contribution in [2.24, 2.45) is 0 Å². The molecular weight excluding hydrogens is 328 g/mol. The SMILES string of the molecule is Cc1cc(C)cc(CC(=O)N2CCCc3cc(C(=O)NO)ccc3C2)c1. The Morgan fingerprint density at radius 1 is 1.08 bits per heavy atom. The first-order valence-electron chi connectivity index (χ1n) is 8.87. The Bertz CT molecular complexity index is 825. The average molecular weight is 352 g/mol. The van der Waals surface area contributed by atoms with E-state index in [4.69, 9.17) is 5.21 Å². The molecule has 2 aromatic rings. The average Bonchev–Trinajstić information content (AvgIpc) is 2.81. The fourth-order valence-electron chi connectivity index (χ4n) is 3.63. The molecule has 0 saturated heterocycles. The van der Waals surface area contributed by atoms with E-state index in [0.29, 0.717) is 25.1 Å². The van der Waals surface area contributed by atoms with Gasteiger partial charge in [-0.3, -0.25) is 14.8 Å². The van der Waals surface area contributed by atoms with E-state index in [1.165, 1.54) is 11.1 Å². The van der Waals surface area contributed by atoms with E-state index in [2.05, 4.69) is 18.2 Å². The summed E-state index contributed by atoms with van der Waals surface area (Å²) in [6.45, 7) is 5.35. The molecule has 0 aromatic heterocycles. The van der Waals surface area contributed by atoms with Gasteiger partial charge in [0.05, 0.1) is 6.42 Å². The van der Waals surface area contributed by atoms with Gasteiger partial charge < -0.3 is 4.90 Å². The van der Waals surface area contributed by atoms with Crippen molar-refractivity contribution >= 4 is 11.8 Å². The van der Waals surface area contributed by atoms with Crippen LogP contribution in [0.25, 0.3) is 0 Å². The molecule has 1 heterocycles. The Morgan fingerprint density at radius 2 is 1.81 bits per heavy atom. The predicted molar refractivity (Wildman–Crippen MR) is 99.1 cm³/mol. The van der Waals surface area contributed by atoms with Crippen LogP contribution in [-0.2, 0) is 24.2 Å². The Kier molecular flexibility index (Phi) is 5.38. The van der Waals surface area contributed by atoms with Gasteiger partial charge in [-0.1, -0.05) is 35.4 Å². The third kappa shape index (κ3) is 4.11. The normalized spacial score (nSPS) is 13.7. The molecule has 1 aliphatic heterocycles. The highest BCUT2D eigenvalue weighted by Gasteiger charge is 2.20. The molecule has 0 fully saturated rings. The van der Waals surface area contributed by atoms with Crippen LogP contribution in [0.2, 0.25) is 0 Å². The van der Waals surface area contributed by atoms with Crippen molar-refractivity contribution in [2.45, 2.75) is 39.7 Å². The van der Waals surface area contributed by atoms with Gasteiger partial charge in [0.2, 0.25) is 5.91 Å². The van der Waals surface area contributed by atoms with Crippen molar-refractivity contribution in [3.63, 3.8) is 0 Å². The molecule has 0 saturated carbocycles. The Labute approximate surface area is 153 Å². The highest BCUT2D eigenvalue weighted by atomic mass is 16.5. The molecule has 1 aliphatic rings. The molecular formula is C21H24N2O3. The van der Waals surface area contributed by atoms with Gasteiger partial charge in [0, 0.05) is 18.7 Å². The molecule has 2 N–H and O–H groups in total. The number of hydrogen-bond donors (Lipinski definition) is 2. The van der Waals surface area contributed by atoms with E-state index >= 15 is 0 Å². The van der Waals surface area contributed by atoms with Gasteiger partial charge in [-0.05, 0) is 55.5 Å². The van der Waals surface area contributed by atoms with E-state index < -0.39 is 5.91 Å². The van der Waals surface area contributed by atoms with Crippen LogP contribution in [-0.4, -0.2) is 28.5 Å². The lowest BCUT2D eigenvalue weighted by Gasteiger charge is -2.21. The van der Waals surface area contributed by atoms with Crippen LogP contribution in [0.15, 0.2) is 36.4 Å². The number of nitrogens with one attached hydrogen (secondary N) is 1. The van der Waals surface area contributed by atoms with Crippen molar-refractivity contribution in [2.75, 3.05) is 6.54 Å². The number of aryl methyl sites for hydroxylation is 3. The van der Waals surface area contributed by atoms with Crippen LogP contribution in [0.4, 0.5) is 0 Å². The molecule has 2 aromatic carbocycles. The number of hydroxylamine groups is 1. The van der Waals surface area contributed by atoms with Crippen molar-refractivity contribution in [3.8, 4) is 0 Å². The van der Waals surface area contributed by atoms with Gasteiger partial charge in [0.1, 0.15) is 0 Å². The van der Waals surface area contributed by atoms with Gasteiger partial charge in [-0.15, -0.1) is 0 Å². The maximum atomic E-state index is 12.8. The van der Waals surface area contributed by atoms with E-state index in [0.717, 1.165) is 29.5 Å². The fraction of sp³-hybridized carbons (Fsp3) is 0.333. The topological polar surface area (TPSA) is 69.6 Å². The first kappa shape index (κ1) is 18.1. The summed E-state index contributed by atoms with van der Waals surface area (Å²) in [7, 11) is 0. The lowest BCUT2D eigenvalue weighted by molar-refractivity contribution is -0.131. The van der Waals surface area contributed by atoms with Crippen molar-refractivity contribution < 1.29 is 14.8 Å². The third-order valence-corrected chi connectivity index (χ3v) is 4.79. The highest BCUT2D eigenvalue weighted by molar-refractivity contribution is 5.93. The number of benzene rings is 2. The van der Waals surface area contributed by atoms with Crippen LogP contribution < -0.4 is 5.48 Å². The molecule has 26 heavy (non-hydrogen) atoms. The minimum Gasteiger partial charge on any atom is -0.338 e. The summed E-state index contributed by atoms with van der Waals surface area (Å²) in [6, 6.07) is 11.6. The quantitative estimate of drug-likeness (QED) is 0.659. The van der Waals surface area contributed by atoms with Gasteiger partial charge in [0.25, 0.3) is 5.91 Å². The number of carbonyl (C=O) groups is 2. The van der Waals surface area contributed by atoms with E-state index in [1.54, 1.807) is 17.6 Å². The minimum absolute atomic E-state index is 0.125. The Balaban J connectivity index is 1.76. The predicted octanol–water partition coefficient (Wildman–Crippen LogP) is 2.94. The first-order chi connectivity index (χ1) is 12.5. The smallest absolute Gasteiger partial charge is 0.274 e. The molecule has 0 unspecified atom stereocenters. The number of carbonyl (C=O) groups excluding carboxylic acids is 2. The van der Waals surface area contributed by atoms with Crippen LogP contribution >= 0.6 is 0 Å². The van der Waals surface area contributed by atoms with Crippen LogP contribution in [0, 0.1) is 13.8 Å². The minimum atomic E-state index is -0.514. The second-order valence-electron chi connectivity index (χ2n) is 7.02. The number of fused-ring (bicyclic) bond motifs is 1. The molecule has 2 amide bonds. The second-order valence-corrected chi connectivity index (χ2v) is 7.02. The monoisotopic (exact) mass is 352 g/mol. The molecule has 5 heteroatoms. The summed E-state index contributed by atoms with van der Waals surface area (Å²) in [4.78, 5) is 26.3.